The van der Waals surface area contributed by atoms with Crippen molar-refractivity contribution >= 4 is 57.6 Å². The molecule has 0 bridgehead atoms. The number of primary amides is 2. The maximum atomic E-state index is 14.2. The van der Waals surface area contributed by atoms with Crippen LogP contribution in [-0.2, 0) is 32.6 Å². The molecule has 1 aliphatic heterocycles. The van der Waals surface area contributed by atoms with Gasteiger partial charge in [0.15, 0.2) is 0 Å². The molecule has 4 aromatic heterocycles. The first-order chi connectivity index (χ1) is 25.9. The number of nitrogens with two attached hydrogens (primary N) is 2. The number of fused-ring (bicyclic) bond motifs is 8. The fraction of sp³-hybridized carbons (Fsp3) is 0.368. The standard InChI is InChI=1S/C38H44N12O4/c1-5-49-32-26(23(4)46-49)9-7-6-8-15-50-31(17-22(3)45-50)35(53)43-37-41-27-18-24(33(39)51)10-12-29(27)47(37)16-14-21(2)20-48-30-13-11-25(34(40)52)19-28(30)42-38(48)44-36(32)54/h10-13,17-19,21H,5-9,14-16,20H2,1-4H3,(H2,39,51)(H2,40,52)(H,41,43,53)(H,42,44,54). The molecule has 6 aromatic rings. The summed E-state index contributed by atoms with van der Waals surface area (Å²) in [5, 5.41) is 15.4. The predicted molar refractivity (Wildman–Crippen MR) is 203 cm³/mol. The van der Waals surface area contributed by atoms with Gasteiger partial charge in [0.05, 0.1) is 33.5 Å². The summed E-state index contributed by atoms with van der Waals surface area (Å²) < 4.78 is 7.33. The molecular formula is C38H44N12O4. The first kappa shape index (κ1) is 36.1. The van der Waals surface area contributed by atoms with Crippen molar-refractivity contribution in [3.63, 3.8) is 0 Å². The minimum atomic E-state index is -0.575. The highest BCUT2D eigenvalue weighted by molar-refractivity contribution is 6.05. The number of aromatic nitrogens is 8. The summed E-state index contributed by atoms with van der Waals surface area (Å²) in [5.41, 5.74) is 17.6. The van der Waals surface area contributed by atoms with Crippen LogP contribution in [0.5, 0.6) is 0 Å². The Morgan fingerprint density at radius 2 is 1.44 bits per heavy atom. The van der Waals surface area contributed by atoms with Crippen molar-refractivity contribution in [1.29, 1.82) is 0 Å². The summed E-state index contributed by atoms with van der Waals surface area (Å²) in [6.45, 7) is 9.77. The number of aryl methyl sites for hydroxylation is 5. The van der Waals surface area contributed by atoms with Crippen LogP contribution in [0, 0.1) is 19.8 Å². The minimum Gasteiger partial charge on any atom is -0.366 e. The molecule has 16 nitrogen and oxygen atoms in total. The summed E-state index contributed by atoms with van der Waals surface area (Å²) in [6.07, 6.45) is 3.64. The molecule has 0 saturated heterocycles. The molecule has 0 spiro atoms. The van der Waals surface area contributed by atoms with Gasteiger partial charge in [-0.25, -0.2) is 9.97 Å². The molecule has 0 saturated carbocycles. The van der Waals surface area contributed by atoms with Gasteiger partial charge in [-0.1, -0.05) is 13.3 Å². The second-order valence-corrected chi connectivity index (χ2v) is 14.0. The maximum Gasteiger partial charge on any atom is 0.276 e. The highest BCUT2D eigenvalue weighted by Gasteiger charge is 2.25. The lowest BCUT2D eigenvalue weighted by atomic mass is 10.0. The molecule has 1 atom stereocenters. The molecule has 7 rings (SSSR count). The molecule has 54 heavy (non-hydrogen) atoms. The summed E-state index contributed by atoms with van der Waals surface area (Å²) in [5.74, 6) is -1.13. The Bertz CT molecular complexity index is 2450. The van der Waals surface area contributed by atoms with Gasteiger partial charge in [-0.3, -0.25) is 39.2 Å². The predicted octanol–water partition coefficient (Wildman–Crippen LogP) is 4.57. The van der Waals surface area contributed by atoms with Gasteiger partial charge >= 0.3 is 0 Å². The van der Waals surface area contributed by atoms with Crippen LogP contribution < -0.4 is 22.1 Å². The van der Waals surface area contributed by atoms with Crippen LogP contribution in [-0.4, -0.2) is 62.3 Å². The first-order valence-electron chi connectivity index (χ1n) is 18.2. The summed E-state index contributed by atoms with van der Waals surface area (Å²) in [4.78, 5) is 61.7. The highest BCUT2D eigenvalue weighted by atomic mass is 16.2. The van der Waals surface area contributed by atoms with Gasteiger partial charge in [-0.05, 0) is 94.8 Å². The van der Waals surface area contributed by atoms with E-state index in [-0.39, 0.29) is 17.7 Å². The van der Waals surface area contributed by atoms with Crippen molar-refractivity contribution in [3.05, 3.63) is 81.9 Å². The highest BCUT2D eigenvalue weighted by Crippen LogP contribution is 2.28. The molecule has 1 aliphatic rings. The van der Waals surface area contributed by atoms with Crippen LogP contribution >= 0.6 is 0 Å². The number of carbonyl (C=O) groups excluding carboxylic acids is 4. The summed E-state index contributed by atoms with van der Waals surface area (Å²) >= 11 is 0. The van der Waals surface area contributed by atoms with E-state index in [1.807, 2.05) is 29.9 Å². The number of nitrogens with one attached hydrogen (secondary N) is 2. The smallest absolute Gasteiger partial charge is 0.276 e. The molecule has 0 fully saturated rings. The summed E-state index contributed by atoms with van der Waals surface area (Å²) in [6, 6.07) is 11.9. The monoisotopic (exact) mass is 732 g/mol. The minimum absolute atomic E-state index is 0.0110. The lowest BCUT2D eigenvalue weighted by Crippen LogP contribution is -2.22. The largest absolute Gasteiger partial charge is 0.366 e. The van der Waals surface area contributed by atoms with Crippen LogP contribution in [0.15, 0.2) is 42.5 Å². The van der Waals surface area contributed by atoms with Gasteiger partial charge in [0, 0.05) is 42.9 Å². The second kappa shape index (κ2) is 14.6. The quantitative estimate of drug-likeness (QED) is 0.202. The average molecular weight is 733 g/mol. The van der Waals surface area contributed by atoms with Crippen LogP contribution in [0.3, 0.4) is 0 Å². The van der Waals surface area contributed by atoms with E-state index in [0.717, 1.165) is 47.2 Å². The second-order valence-electron chi connectivity index (χ2n) is 14.0. The zero-order valence-electron chi connectivity index (χ0n) is 30.8. The Balaban J connectivity index is 1.30. The number of carbonyl (C=O) groups is 4. The third-order valence-corrected chi connectivity index (χ3v) is 10.1. The normalized spacial score (nSPS) is 16.1. The number of benzene rings is 2. The number of rotatable bonds is 3. The molecule has 5 heterocycles. The Labute approximate surface area is 310 Å². The zero-order valence-corrected chi connectivity index (χ0v) is 30.8. The van der Waals surface area contributed by atoms with Crippen LogP contribution in [0.4, 0.5) is 11.9 Å². The van der Waals surface area contributed by atoms with Gasteiger partial charge in [-0.2, -0.15) is 10.2 Å². The van der Waals surface area contributed by atoms with Crippen LogP contribution in [0.2, 0.25) is 0 Å². The van der Waals surface area contributed by atoms with Crippen molar-refractivity contribution in [1.82, 2.24) is 38.7 Å². The van der Waals surface area contributed by atoms with Crippen molar-refractivity contribution in [2.45, 2.75) is 86.0 Å². The lowest BCUT2D eigenvalue weighted by molar-refractivity contribution is 0.0992. The molecule has 0 radical (unpaired) electrons. The van der Waals surface area contributed by atoms with E-state index in [4.69, 9.17) is 26.5 Å². The van der Waals surface area contributed by atoms with E-state index < -0.39 is 11.8 Å². The molecule has 16 heteroatoms. The average Bonchev–Trinajstić information content (AvgIpc) is 3.87. The Morgan fingerprint density at radius 1 is 0.815 bits per heavy atom. The van der Waals surface area contributed by atoms with E-state index in [1.165, 1.54) is 0 Å². The number of hydrogen-bond donors (Lipinski definition) is 4. The van der Waals surface area contributed by atoms with Gasteiger partial charge in [0.25, 0.3) is 11.8 Å². The lowest BCUT2D eigenvalue weighted by Gasteiger charge is -2.18. The maximum absolute atomic E-state index is 14.2. The van der Waals surface area contributed by atoms with E-state index >= 15 is 0 Å². The van der Waals surface area contributed by atoms with E-state index in [9.17, 15) is 19.2 Å². The topological polar surface area (TPSA) is 216 Å². The SMILES string of the molecule is CCn1nc(C)c2c1C(=O)Nc1nc3cc(C(N)=O)ccc3n1CC(C)CCn1c(nc3cc(C(N)=O)ccc31)NC(=O)c1cc(C)nn1CCCCC2. The van der Waals surface area contributed by atoms with E-state index in [2.05, 4.69) is 22.7 Å². The molecule has 0 aliphatic carbocycles. The molecule has 280 valence electrons. The Hall–Kier alpha value is -6.32. The number of imidazole rings is 2. The number of amides is 4. The Kier molecular flexibility index (Phi) is 9.75. The van der Waals surface area contributed by atoms with Gasteiger partial charge < -0.3 is 20.6 Å². The first-order valence-corrected chi connectivity index (χ1v) is 18.2. The van der Waals surface area contributed by atoms with Gasteiger partial charge in [0.1, 0.15) is 11.4 Å². The van der Waals surface area contributed by atoms with Crippen molar-refractivity contribution in [3.8, 4) is 0 Å². The van der Waals surface area contributed by atoms with E-state index in [0.29, 0.717) is 84.5 Å². The fourth-order valence-corrected chi connectivity index (χ4v) is 7.29. The molecule has 6 N–H and O–H groups in total. The molecule has 1 unspecified atom stereocenters. The van der Waals surface area contributed by atoms with E-state index in [1.54, 1.807) is 51.8 Å². The number of anilines is 2. The van der Waals surface area contributed by atoms with Crippen molar-refractivity contribution in [2.24, 2.45) is 17.4 Å². The van der Waals surface area contributed by atoms with Gasteiger partial charge in [0.2, 0.25) is 23.7 Å². The third kappa shape index (κ3) is 6.93. The number of nitrogens with zero attached hydrogens (tertiary/aromatic N) is 8. The van der Waals surface area contributed by atoms with Crippen LogP contribution in [0.1, 0.15) is 98.2 Å². The fourth-order valence-electron chi connectivity index (χ4n) is 7.29. The molecule has 4 amide bonds. The van der Waals surface area contributed by atoms with Crippen LogP contribution in [0.25, 0.3) is 22.1 Å². The van der Waals surface area contributed by atoms with Crippen molar-refractivity contribution < 1.29 is 19.2 Å². The zero-order chi connectivity index (χ0) is 38.3. The number of hydrogen-bond acceptors (Lipinski definition) is 8. The van der Waals surface area contributed by atoms with Gasteiger partial charge in [-0.15, -0.1) is 0 Å². The molecular weight excluding hydrogens is 688 g/mol. The Morgan fingerprint density at radius 3 is 2.09 bits per heavy atom. The summed E-state index contributed by atoms with van der Waals surface area (Å²) in [7, 11) is 0. The van der Waals surface area contributed by atoms with Crippen molar-refractivity contribution in [2.75, 3.05) is 10.6 Å². The third-order valence-electron chi connectivity index (χ3n) is 10.1. The molecule has 2 aromatic carbocycles.